The molecule has 0 saturated carbocycles. The van der Waals surface area contributed by atoms with Crippen LogP contribution in [-0.4, -0.2) is 7.05 Å². The Morgan fingerprint density at radius 3 is 2.47 bits per heavy atom. The monoisotopic (exact) mass is 383 g/mol. The summed E-state index contributed by atoms with van der Waals surface area (Å²) in [6, 6.07) is 12.1. The molecule has 0 aromatic heterocycles. The zero-order chi connectivity index (χ0) is 13.8. The molecule has 19 heavy (non-hydrogen) atoms. The van der Waals surface area contributed by atoms with Gasteiger partial charge in [0.05, 0.1) is 4.47 Å². The summed E-state index contributed by atoms with van der Waals surface area (Å²) in [5.74, 6) is 1.69. The Morgan fingerprint density at radius 2 is 1.79 bits per heavy atom. The highest BCUT2D eigenvalue weighted by atomic mass is 79.9. The van der Waals surface area contributed by atoms with E-state index < -0.39 is 0 Å². The van der Waals surface area contributed by atoms with Crippen molar-refractivity contribution in [2.75, 3.05) is 7.05 Å². The molecule has 0 spiro atoms. The third-order valence-electron chi connectivity index (χ3n) is 2.70. The van der Waals surface area contributed by atoms with Crippen molar-refractivity contribution < 1.29 is 4.74 Å². The van der Waals surface area contributed by atoms with Crippen molar-refractivity contribution >= 4 is 31.9 Å². The van der Waals surface area contributed by atoms with Gasteiger partial charge in [-0.15, -0.1) is 0 Å². The van der Waals surface area contributed by atoms with E-state index in [2.05, 4.69) is 56.2 Å². The van der Waals surface area contributed by atoms with E-state index in [1.54, 1.807) is 0 Å². The van der Waals surface area contributed by atoms with E-state index in [9.17, 15) is 0 Å². The van der Waals surface area contributed by atoms with Crippen LogP contribution >= 0.6 is 31.9 Å². The van der Waals surface area contributed by atoms with Crippen LogP contribution in [0.15, 0.2) is 45.3 Å². The minimum Gasteiger partial charge on any atom is -0.456 e. The zero-order valence-corrected chi connectivity index (χ0v) is 14.0. The molecular formula is C15H15Br2NO. The van der Waals surface area contributed by atoms with Gasteiger partial charge in [-0.2, -0.15) is 0 Å². The highest BCUT2D eigenvalue weighted by molar-refractivity contribution is 9.11. The molecule has 4 heteroatoms. The molecule has 0 saturated heterocycles. The Labute approximate surface area is 130 Å². The molecule has 2 aromatic carbocycles. The predicted octanol–water partition coefficient (Wildman–Crippen LogP) is 5.03. The molecule has 2 nitrogen and oxygen atoms in total. The second-order valence-electron chi connectivity index (χ2n) is 4.32. The lowest BCUT2D eigenvalue weighted by atomic mass is 10.1. The Morgan fingerprint density at radius 1 is 1.05 bits per heavy atom. The van der Waals surface area contributed by atoms with Crippen LogP contribution < -0.4 is 10.1 Å². The summed E-state index contributed by atoms with van der Waals surface area (Å²) < 4.78 is 7.94. The largest absolute Gasteiger partial charge is 0.456 e. The molecule has 0 aliphatic rings. The number of aryl methyl sites for hydroxylation is 1. The Kier molecular flexibility index (Phi) is 5.02. The van der Waals surface area contributed by atoms with Crippen molar-refractivity contribution in [3.8, 4) is 11.5 Å². The van der Waals surface area contributed by atoms with Gasteiger partial charge in [0, 0.05) is 16.6 Å². The lowest BCUT2D eigenvalue weighted by Gasteiger charge is -2.13. The molecule has 100 valence electrons. The molecule has 0 bridgehead atoms. The van der Waals surface area contributed by atoms with E-state index in [-0.39, 0.29) is 0 Å². The van der Waals surface area contributed by atoms with Gasteiger partial charge in [-0.05, 0) is 54.2 Å². The van der Waals surface area contributed by atoms with Crippen LogP contribution in [0, 0.1) is 6.92 Å². The van der Waals surface area contributed by atoms with Gasteiger partial charge in [-0.1, -0.05) is 33.6 Å². The van der Waals surface area contributed by atoms with Crippen LogP contribution in [-0.2, 0) is 6.54 Å². The number of ether oxygens (including phenoxy) is 1. The van der Waals surface area contributed by atoms with Crippen LogP contribution in [0.5, 0.6) is 11.5 Å². The van der Waals surface area contributed by atoms with Gasteiger partial charge >= 0.3 is 0 Å². The number of hydrogen-bond acceptors (Lipinski definition) is 2. The van der Waals surface area contributed by atoms with Gasteiger partial charge in [0.15, 0.2) is 0 Å². The quantitative estimate of drug-likeness (QED) is 0.797. The maximum Gasteiger partial charge on any atom is 0.141 e. The summed E-state index contributed by atoms with van der Waals surface area (Å²) in [6.07, 6.45) is 0. The molecule has 0 atom stereocenters. The van der Waals surface area contributed by atoms with Crippen molar-refractivity contribution in [2.45, 2.75) is 13.5 Å². The average molecular weight is 385 g/mol. The highest BCUT2D eigenvalue weighted by Gasteiger charge is 2.08. The van der Waals surface area contributed by atoms with Gasteiger partial charge in [0.25, 0.3) is 0 Å². The van der Waals surface area contributed by atoms with Crippen molar-refractivity contribution in [3.63, 3.8) is 0 Å². The van der Waals surface area contributed by atoms with E-state index in [4.69, 9.17) is 4.74 Å². The minimum atomic E-state index is 0.783. The highest BCUT2D eigenvalue weighted by Crippen LogP contribution is 2.33. The van der Waals surface area contributed by atoms with Crippen LogP contribution in [0.4, 0.5) is 0 Å². The van der Waals surface area contributed by atoms with Crippen LogP contribution in [0.1, 0.15) is 11.1 Å². The van der Waals surface area contributed by atoms with Gasteiger partial charge in [-0.3, -0.25) is 0 Å². The maximum absolute atomic E-state index is 6.00. The summed E-state index contributed by atoms with van der Waals surface area (Å²) in [7, 11) is 1.93. The first-order valence-corrected chi connectivity index (χ1v) is 7.56. The summed E-state index contributed by atoms with van der Waals surface area (Å²) in [5.41, 5.74) is 2.38. The number of hydrogen-bond donors (Lipinski definition) is 1. The van der Waals surface area contributed by atoms with E-state index in [0.717, 1.165) is 32.6 Å². The number of nitrogens with one attached hydrogen (secondary N) is 1. The van der Waals surface area contributed by atoms with Crippen LogP contribution in [0.25, 0.3) is 0 Å². The van der Waals surface area contributed by atoms with E-state index in [1.165, 1.54) is 5.56 Å². The maximum atomic E-state index is 6.00. The standard InChI is InChI=1S/C15H15Br2NO/c1-10-3-5-14(11(7-10)9-18-2)19-15-6-4-12(16)8-13(15)17/h3-8,18H,9H2,1-2H3. The fraction of sp³-hybridized carbons (Fsp3) is 0.200. The lowest BCUT2D eigenvalue weighted by molar-refractivity contribution is 0.471. The smallest absolute Gasteiger partial charge is 0.141 e. The fourth-order valence-electron chi connectivity index (χ4n) is 1.81. The molecule has 0 heterocycles. The molecular weight excluding hydrogens is 370 g/mol. The summed E-state index contributed by atoms with van der Waals surface area (Å²) in [5, 5.41) is 3.16. The Balaban J connectivity index is 2.32. The van der Waals surface area contributed by atoms with Crippen molar-refractivity contribution in [2.24, 2.45) is 0 Å². The minimum absolute atomic E-state index is 0.783. The summed E-state index contributed by atoms with van der Waals surface area (Å²) in [4.78, 5) is 0. The van der Waals surface area contributed by atoms with Gasteiger partial charge < -0.3 is 10.1 Å². The molecule has 0 unspecified atom stereocenters. The molecule has 2 aromatic rings. The fourth-order valence-corrected chi connectivity index (χ4v) is 2.94. The first-order chi connectivity index (χ1) is 9.10. The second-order valence-corrected chi connectivity index (χ2v) is 6.09. The Bertz CT molecular complexity index is 584. The third kappa shape index (κ3) is 3.81. The summed E-state index contributed by atoms with van der Waals surface area (Å²) in [6.45, 7) is 2.86. The van der Waals surface area contributed by atoms with E-state index in [1.807, 2.05) is 31.3 Å². The third-order valence-corrected chi connectivity index (χ3v) is 3.81. The van der Waals surface area contributed by atoms with Crippen LogP contribution in [0.3, 0.4) is 0 Å². The van der Waals surface area contributed by atoms with Crippen molar-refractivity contribution in [3.05, 3.63) is 56.5 Å². The van der Waals surface area contributed by atoms with Gasteiger partial charge in [0.1, 0.15) is 11.5 Å². The molecule has 0 aliphatic carbocycles. The molecule has 1 N–H and O–H groups in total. The SMILES string of the molecule is CNCc1cc(C)ccc1Oc1ccc(Br)cc1Br. The number of benzene rings is 2. The first kappa shape index (κ1) is 14.6. The van der Waals surface area contributed by atoms with E-state index in [0.29, 0.717) is 0 Å². The predicted molar refractivity (Wildman–Crippen MR) is 85.9 cm³/mol. The lowest BCUT2D eigenvalue weighted by Crippen LogP contribution is -2.06. The first-order valence-electron chi connectivity index (χ1n) is 5.97. The normalized spacial score (nSPS) is 10.5. The Hall–Kier alpha value is -0.840. The summed E-state index contributed by atoms with van der Waals surface area (Å²) >= 11 is 6.95. The van der Waals surface area contributed by atoms with Gasteiger partial charge in [-0.25, -0.2) is 0 Å². The van der Waals surface area contributed by atoms with E-state index >= 15 is 0 Å². The topological polar surface area (TPSA) is 21.3 Å². The molecule has 0 radical (unpaired) electrons. The van der Waals surface area contributed by atoms with Crippen LogP contribution in [0.2, 0.25) is 0 Å². The molecule has 2 rings (SSSR count). The number of rotatable bonds is 4. The molecule has 0 fully saturated rings. The van der Waals surface area contributed by atoms with Crippen molar-refractivity contribution in [1.29, 1.82) is 0 Å². The average Bonchev–Trinajstić information content (AvgIpc) is 2.36. The van der Waals surface area contributed by atoms with Gasteiger partial charge in [0.2, 0.25) is 0 Å². The zero-order valence-electron chi connectivity index (χ0n) is 10.8. The molecule has 0 aliphatic heterocycles. The number of halogens is 2. The molecule has 0 amide bonds. The second kappa shape index (κ2) is 6.55. The van der Waals surface area contributed by atoms with Crippen molar-refractivity contribution in [1.82, 2.24) is 5.32 Å².